The molecule has 0 atom stereocenters. The van der Waals surface area contributed by atoms with Gasteiger partial charge in [-0.3, -0.25) is 0 Å². The fraction of sp³-hybridized carbons (Fsp3) is 0.438. The van der Waals surface area contributed by atoms with Crippen LogP contribution < -0.4 is 5.73 Å². The van der Waals surface area contributed by atoms with Crippen molar-refractivity contribution in [1.29, 1.82) is 0 Å². The summed E-state index contributed by atoms with van der Waals surface area (Å²) in [6.07, 6.45) is 6.00. The Morgan fingerprint density at radius 1 is 1.21 bits per heavy atom. The van der Waals surface area contributed by atoms with E-state index < -0.39 is 0 Å². The molecule has 0 unspecified atom stereocenters. The van der Waals surface area contributed by atoms with Crippen molar-refractivity contribution < 1.29 is 0 Å². The first-order valence-corrected chi connectivity index (χ1v) is 6.83. The summed E-state index contributed by atoms with van der Waals surface area (Å²) < 4.78 is 2.22. The number of rotatable bonds is 2. The third-order valence-corrected chi connectivity index (χ3v) is 3.89. The van der Waals surface area contributed by atoms with Gasteiger partial charge in [-0.2, -0.15) is 0 Å². The van der Waals surface area contributed by atoms with Crippen LogP contribution in [0.1, 0.15) is 39.2 Å². The summed E-state index contributed by atoms with van der Waals surface area (Å²) in [5.41, 5.74) is 9.92. The van der Waals surface area contributed by atoms with Crippen molar-refractivity contribution >= 4 is 0 Å². The molecule has 0 saturated heterocycles. The number of benzene rings is 1. The lowest BCUT2D eigenvalue weighted by Gasteiger charge is -2.25. The second-order valence-electron chi connectivity index (χ2n) is 6.52. The van der Waals surface area contributed by atoms with E-state index in [4.69, 9.17) is 5.73 Å². The Morgan fingerprint density at radius 2 is 1.89 bits per heavy atom. The summed E-state index contributed by atoms with van der Waals surface area (Å²) in [6, 6.07) is 8.46. The van der Waals surface area contributed by atoms with Crippen molar-refractivity contribution in [2.75, 3.05) is 0 Å². The van der Waals surface area contributed by atoms with Gasteiger partial charge >= 0.3 is 0 Å². The van der Waals surface area contributed by atoms with Gasteiger partial charge in [-0.05, 0) is 39.2 Å². The molecule has 1 heterocycles. The maximum absolute atomic E-state index is 6.40. The Bertz CT molecular complexity index is 600. The summed E-state index contributed by atoms with van der Waals surface area (Å²) in [6.45, 7) is 6.57. The maximum Gasteiger partial charge on any atom is 0.0955 e. The fourth-order valence-electron chi connectivity index (χ4n) is 2.57. The molecular formula is C16H21N3. The van der Waals surface area contributed by atoms with Crippen LogP contribution in [0.5, 0.6) is 0 Å². The van der Waals surface area contributed by atoms with Gasteiger partial charge in [0, 0.05) is 16.6 Å². The average Bonchev–Trinajstić information content (AvgIpc) is 2.93. The van der Waals surface area contributed by atoms with E-state index in [1.807, 2.05) is 12.5 Å². The Labute approximate surface area is 114 Å². The van der Waals surface area contributed by atoms with Crippen molar-refractivity contribution in [1.82, 2.24) is 9.55 Å². The van der Waals surface area contributed by atoms with Crippen LogP contribution in [0.3, 0.4) is 0 Å². The van der Waals surface area contributed by atoms with Gasteiger partial charge in [-0.25, -0.2) is 4.98 Å². The summed E-state index contributed by atoms with van der Waals surface area (Å²) >= 11 is 0. The highest BCUT2D eigenvalue weighted by atomic mass is 15.1. The minimum absolute atomic E-state index is 0.0181. The van der Waals surface area contributed by atoms with E-state index in [9.17, 15) is 0 Å². The minimum Gasteiger partial charge on any atom is -0.325 e. The molecule has 2 N–H and O–H groups in total. The van der Waals surface area contributed by atoms with E-state index >= 15 is 0 Å². The Morgan fingerprint density at radius 3 is 2.53 bits per heavy atom. The molecule has 100 valence electrons. The molecule has 0 bridgehead atoms. The Hall–Kier alpha value is -1.61. The molecule has 3 nitrogen and oxygen atoms in total. The topological polar surface area (TPSA) is 43.8 Å². The first-order valence-electron chi connectivity index (χ1n) is 6.83. The molecule has 1 aliphatic carbocycles. The molecule has 3 rings (SSSR count). The molecule has 1 aliphatic rings. The predicted molar refractivity (Wildman–Crippen MR) is 77.8 cm³/mol. The van der Waals surface area contributed by atoms with Gasteiger partial charge in [0.05, 0.1) is 18.2 Å². The molecule has 0 amide bonds. The number of imidazole rings is 1. The zero-order valence-corrected chi connectivity index (χ0v) is 11.9. The predicted octanol–water partition coefficient (Wildman–Crippen LogP) is 3.25. The van der Waals surface area contributed by atoms with Crippen LogP contribution in [0.4, 0.5) is 0 Å². The summed E-state index contributed by atoms with van der Waals surface area (Å²) in [5.74, 6) is 0. The smallest absolute Gasteiger partial charge is 0.0955 e. The summed E-state index contributed by atoms with van der Waals surface area (Å²) in [4.78, 5) is 4.33. The molecule has 2 aromatic rings. The summed E-state index contributed by atoms with van der Waals surface area (Å²) in [7, 11) is 0. The van der Waals surface area contributed by atoms with Crippen molar-refractivity contribution in [3.05, 3.63) is 42.4 Å². The Kier molecular flexibility index (Phi) is 2.58. The largest absolute Gasteiger partial charge is 0.325 e. The molecule has 0 spiro atoms. The second-order valence-corrected chi connectivity index (χ2v) is 6.52. The standard InChI is InChI=1S/C16H21N3/c1-15(2,3)19-11-18-10-14(19)12-6-4-5-7-13(12)16(17)8-9-16/h4-7,10-11H,8-9,17H2,1-3H3. The average molecular weight is 255 g/mol. The van der Waals surface area contributed by atoms with Crippen LogP contribution in [0.25, 0.3) is 11.3 Å². The zero-order chi connectivity index (χ0) is 13.7. The number of aromatic nitrogens is 2. The lowest BCUT2D eigenvalue weighted by molar-refractivity contribution is 0.400. The van der Waals surface area contributed by atoms with Crippen molar-refractivity contribution in [3.8, 4) is 11.3 Å². The SMILES string of the molecule is CC(C)(C)n1cncc1-c1ccccc1C1(N)CC1. The second kappa shape index (κ2) is 3.94. The first-order chi connectivity index (χ1) is 8.92. The number of hydrogen-bond acceptors (Lipinski definition) is 2. The lowest BCUT2D eigenvalue weighted by atomic mass is 9.96. The normalized spacial score (nSPS) is 17.5. The third-order valence-electron chi connectivity index (χ3n) is 3.89. The van der Waals surface area contributed by atoms with E-state index in [-0.39, 0.29) is 11.1 Å². The van der Waals surface area contributed by atoms with E-state index in [1.54, 1.807) is 0 Å². The van der Waals surface area contributed by atoms with Crippen LogP contribution in [0.2, 0.25) is 0 Å². The van der Waals surface area contributed by atoms with E-state index in [0.717, 1.165) is 18.5 Å². The molecule has 0 radical (unpaired) electrons. The highest BCUT2D eigenvalue weighted by molar-refractivity contribution is 5.66. The van der Waals surface area contributed by atoms with Crippen molar-refractivity contribution in [2.24, 2.45) is 5.73 Å². The minimum atomic E-state index is -0.121. The van der Waals surface area contributed by atoms with Gasteiger partial charge in [0.2, 0.25) is 0 Å². The fourth-order valence-corrected chi connectivity index (χ4v) is 2.57. The molecule has 0 aliphatic heterocycles. The quantitative estimate of drug-likeness (QED) is 0.895. The highest BCUT2D eigenvalue weighted by Crippen LogP contribution is 2.46. The lowest BCUT2D eigenvalue weighted by Crippen LogP contribution is -2.24. The van der Waals surface area contributed by atoms with Gasteiger partial charge in [0.25, 0.3) is 0 Å². The van der Waals surface area contributed by atoms with Gasteiger partial charge in [0.1, 0.15) is 0 Å². The molecular weight excluding hydrogens is 234 g/mol. The molecule has 19 heavy (non-hydrogen) atoms. The van der Waals surface area contributed by atoms with Crippen molar-refractivity contribution in [3.63, 3.8) is 0 Å². The van der Waals surface area contributed by atoms with E-state index in [0.29, 0.717) is 0 Å². The van der Waals surface area contributed by atoms with E-state index in [1.165, 1.54) is 11.1 Å². The van der Waals surface area contributed by atoms with Crippen LogP contribution in [-0.2, 0) is 11.1 Å². The molecule has 3 heteroatoms. The van der Waals surface area contributed by atoms with Gasteiger partial charge < -0.3 is 10.3 Å². The van der Waals surface area contributed by atoms with Gasteiger partial charge in [-0.15, -0.1) is 0 Å². The molecule has 1 fully saturated rings. The molecule has 1 aromatic carbocycles. The van der Waals surface area contributed by atoms with E-state index in [2.05, 4.69) is 54.6 Å². The zero-order valence-electron chi connectivity index (χ0n) is 11.9. The third kappa shape index (κ3) is 2.08. The first kappa shape index (κ1) is 12.4. The van der Waals surface area contributed by atoms with Gasteiger partial charge in [-0.1, -0.05) is 24.3 Å². The van der Waals surface area contributed by atoms with Crippen LogP contribution in [-0.4, -0.2) is 9.55 Å². The number of nitrogens with zero attached hydrogens (tertiary/aromatic N) is 2. The molecule has 1 aromatic heterocycles. The van der Waals surface area contributed by atoms with Gasteiger partial charge in [0.15, 0.2) is 0 Å². The number of nitrogens with two attached hydrogens (primary N) is 1. The van der Waals surface area contributed by atoms with Crippen LogP contribution >= 0.6 is 0 Å². The maximum atomic E-state index is 6.40. The van der Waals surface area contributed by atoms with Crippen LogP contribution in [0.15, 0.2) is 36.8 Å². The van der Waals surface area contributed by atoms with Crippen molar-refractivity contribution in [2.45, 2.75) is 44.7 Å². The number of hydrogen-bond donors (Lipinski definition) is 1. The monoisotopic (exact) mass is 255 g/mol. The van der Waals surface area contributed by atoms with Crippen LogP contribution in [0, 0.1) is 0 Å². The molecule has 1 saturated carbocycles. The summed E-state index contributed by atoms with van der Waals surface area (Å²) in [5, 5.41) is 0. The Balaban J connectivity index is 2.16. The highest BCUT2D eigenvalue weighted by Gasteiger charge is 2.41.